The molecular weight excluding hydrogens is 258 g/mol. The average molecular weight is 276 g/mol. The Morgan fingerprint density at radius 1 is 1.47 bits per heavy atom. The van der Waals surface area contributed by atoms with Gasteiger partial charge < -0.3 is 15.3 Å². The van der Waals surface area contributed by atoms with Gasteiger partial charge in [-0.15, -0.1) is 0 Å². The number of nitrogens with two attached hydrogens (primary N) is 1. The van der Waals surface area contributed by atoms with Gasteiger partial charge in [0.15, 0.2) is 4.67 Å². The lowest BCUT2D eigenvalue weighted by Gasteiger charge is -2.21. The molecule has 15 heavy (non-hydrogen) atoms. The van der Waals surface area contributed by atoms with Gasteiger partial charge in [0, 0.05) is 5.92 Å². The van der Waals surface area contributed by atoms with E-state index in [4.69, 9.17) is 10.2 Å². The van der Waals surface area contributed by atoms with Crippen LogP contribution in [0.1, 0.15) is 32.1 Å². The summed E-state index contributed by atoms with van der Waals surface area (Å²) < 4.78 is 5.96. The first-order valence-electron chi connectivity index (χ1n) is 5.18. The molecule has 0 radical (unpaired) electrons. The number of hydrogen-bond donors (Lipinski definition) is 2. The van der Waals surface area contributed by atoms with Crippen LogP contribution in [0.4, 0.5) is 0 Å². The minimum Gasteiger partial charge on any atom is -0.452 e. The van der Waals surface area contributed by atoms with E-state index in [0.717, 1.165) is 6.42 Å². The Labute approximate surface area is 98.8 Å². The van der Waals surface area contributed by atoms with Crippen molar-refractivity contribution in [3.63, 3.8) is 0 Å². The summed E-state index contributed by atoms with van der Waals surface area (Å²) >= 11 is 3.21. The molecule has 0 bridgehead atoms. The summed E-state index contributed by atoms with van der Waals surface area (Å²) in [6.45, 7) is 4.71. The van der Waals surface area contributed by atoms with Crippen LogP contribution < -0.4 is 5.73 Å². The molecule has 0 saturated carbocycles. The van der Waals surface area contributed by atoms with Gasteiger partial charge in [0.05, 0.1) is 0 Å². The molecule has 4 heteroatoms. The van der Waals surface area contributed by atoms with Crippen molar-refractivity contribution in [1.29, 1.82) is 0 Å². The van der Waals surface area contributed by atoms with Gasteiger partial charge in [-0.3, -0.25) is 0 Å². The molecule has 1 aromatic rings. The maximum atomic E-state index is 10.0. The SMILES string of the molecule is CC(C)CC(CN)C(O)c1ccc(Br)o1. The zero-order chi connectivity index (χ0) is 11.4. The van der Waals surface area contributed by atoms with Crippen molar-refractivity contribution in [2.45, 2.75) is 26.4 Å². The van der Waals surface area contributed by atoms with Gasteiger partial charge in [-0.05, 0) is 46.9 Å². The number of rotatable bonds is 5. The molecule has 0 aliphatic heterocycles. The summed E-state index contributed by atoms with van der Waals surface area (Å²) in [4.78, 5) is 0. The summed E-state index contributed by atoms with van der Waals surface area (Å²) in [6.07, 6.45) is 0.291. The van der Waals surface area contributed by atoms with Crippen molar-refractivity contribution in [2.24, 2.45) is 17.6 Å². The lowest BCUT2D eigenvalue weighted by atomic mass is 9.91. The van der Waals surface area contributed by atoms with Gasteiger partial charge in [-0.2, -0.15) is 0 Å². The van der Waals surface area contributed by atoms with Crippen molar-refractivity contribution in [1.82, 2.24) is 0 Å². The quantitative estimate of drug-likeness (QED) is 0.869. The summed E-state index contributed by atoms with van der Waals surface area (Å²) in [5.74, 6) is 1.16. The number of aliphatic hydroxyl groups is 1. The molecule has 1 heterocycles. The number of hydrogen-bond acceptors (Lipinski definition) is 3. The summed E-state index contributed by atoms with van der Waals surface area (Å²) in [6, 6.07) is 3.55. The molecular formula is C11H18BrNO2. The largest absolute Gasteiger partial charge is 0.452 e. The van der Waals surface area contributed by atoms with Crippen molar-refractivity contribution in [3.05, 3.63) is 22.6 Å². The highest BCUT2D eigenvalue weighted by Gasteiger charge is 2.23. The Bertz CT molecular complexity index is 299. The maximum Gasteiger partial charge on any atom is 0.169 e. The molecule has 0 saturated heterocycles. The zero-order valence-electron chi connectivity index (χ0n) is 9.11. The first-order chi connectivity index (χ1) is 7.04. The minimum atomic E-state index is -0.608. The van der Waals surface area contributed by atoms with Crippen LogP contribution >= 0.6 is 15.9 Å². The first kappa shape index (κ1) is 12.7. The van der Waals surface area contributed by atoms with E-state index < -0.39 is 6.10 Å². The van der Waals surface area contributed by atoms with Crippen LogP contribution in [0.15, 0.2) is 21.2 Å². The number of halogens is 1. The molecule has 0 aliphatic rings. The zero-order valence-corrected chi connectivity index (χ0v) is 10.7. The second-order valence-electron chi connectivity index (χ2n) is 4.21. The van der Waals surface area contributed by atoms with Crippen LogP contribution in [-0.4, -0.2) is 11.7 Å². The molecule has 3 N–H and O–H groups in total. The maximum absolute atomic E-state index is 10.0. The van der Waals surface area contributed by atoms with E-state index in [1.807, 2.05) is 0 Å². The first-order valence-corrected chi connectivity index (χ1v) is 5.97. The lowest BCUT2D eigenvalue weighted by Crippen LogP contribution is -2.23. The van der Waals surface area contributed by atoms with Gasteiger partial charge in [0.1, 0.15) is 11.9 Å². The fourth-order valence-corrected chi connectivity index (χ4v) is 2.00. The van der Waals surface area contributed by atoms with Gasteiger partial charge in [0.2, 0.25) is 0 Å². The Hall–Kier alpha value is -0.320. The van der Waals surface area contributed by atoms with Crippen LogP contribution in [0.25, 0.3) is 0 Å². The number of aliphatic hydroxyl groups excluding tert-OH is 1. The Kier molecular flexibility index (Phi) is 4.83. The highest BCUT2D eigenvalue weighted by molar-refractivity contribution is 9.10. The van der Waals surface area contributed by atoms with Crippen LogP contribution in [0.2, 0.25) is 0 Å². The van der Waals surface area contributed by atoms with E-state index in [-0.39, 0.29) is 5.92 Å². The molecule has 0 fully saturated rings. The van der Waals surface area contributed by atoms with E-state index in [1.54, 1.807) is 12.1 Å². The standard InChI is InChI=1S/C11H18BrNO2/c1-7(2)5-8(6-13)11(14)9-3-4-10(12)15-9/h3-4,7-8,11,14H,5-6,13H2,1-2H3. The van der Waals surface area contributed by atoms with E-state index in [2.05, 4.69) is 29.8 Å². The third kappa shape index (κ3) is 3.63. The second-order valence-corrected chi connectivity index (χ2v) is 4.99. The Morgan fingerprint density at radius 2 is 2.13 bits per heavy atom. The van der Waals surface area contributed by atoms with Crippen LogP contribution in [-0.2, 0) is 0 Å². The van der Waals surface area contributed by atoms with Crippen LogP contribution in [0.3, 0.4) is 0 Å². The molecule has 0 amide bonds. The molecule has 2 unspecified atom stereocenters. The van der Waals surface area contributed by atoms with Crippen LogP contribution in [0, 0.1) is 11.8 Å². The molecule has 1 rings (SSSR count). The Balaban J connectivity index is 2.68. The topological polar surface area (TPSA) is 59.4 Å². The van der Waals surface area contributed by atoms with Crippen molar-refractivity contribution in [3.8, 4) is 0 Å². The highest BCUT2D eigenvalue weighted by atomic mass is 79.9. The smallest absolute Gasteiger partial charge is 0.169 e. The average Bonchev–Trinajstić information content (AvgIpc) is 2.60. The third-order valence-electron chi connectivity index (χ3n) is 2.41. The van der Waals surface area contributed by atoms with Gasteiger partial charge in [0.25, 0.3) is 0 Å². The van der Waals surface area contributed by atoms with Gasteiger partial charge in [-0.25, -0.2) is 0 Å². The molecule has 0 aromatic carbocycles. The summed E-state index contributed by atoms with van der Waals surface area (Å²) in [5, 5.41) is 10.0. The molecule has 86 valence electrons. The molecule has 1 aromatic heterocycles. The summed E-state index contributed by atoms with van der Waals surface area (Å²) in [7, 11) is 0. The lowest BCUT2D eigenvalue weighted by molar-refractivity contribution is 0.0775. The van der Waals surface area contributed by atoms with Gasteiger partial charge >= 0.3 is 0 Å². The van der Waals surface area contributed by atoms with Crippen molar-refractivity contribution in [2.75, 3.05) is 6.54 Å². The fourth-order valence-electron chi connectivity index (χ4n) is 1.68. The third-order valence-corrected chi connectivity index (χ3v) is 2.84. The monoisotopic (exact) mass is 275 g/mol. The van der Waals surface area contributed by atoms with Crippen LogP contribution in [0.5, 0.6) is 0 Å². The van der Waals surface area contributed by atoms with Gasteiger partial charge in [-0.1, -0.05) is 13.8 Å². The van der Waals surface area contributed by atoms with Crippen molar-refractivity contribution < 1.29 is 9.52 Å². The molecule has 0 spiro atoms. The molecule has 0 aliphatic carbocycles. The van der Waals surface area contributed by atoms with E-state index >= 15 is 0 Å². The minimum absolute atomic E-state index is 0.0584. The predicted molar refractivity (Wildman–Crippen MR) is 63.4 cm³/mol. The second kappa shape index (κ2) is 5.68. The summed E-state index contributed by atoms with van der Waals surface area (Å²) in [5.41, 5.74) is 5.65. The van der Waals surface area contributed by atoms with Crippen molar-refractivity contribution >= 4 is 15.9 Å². The molecule has 3 nitrogen and oxygen atoms in total. The fraction of sp³-hybridized carbons (Fsp3) is 0.636. The Morgan fingerprint density at radius 3 is 2.53 bits per heavy atom. The molecule has 2 atom stereocenters. The van der Waals surface area contributed by atoms with E-state index in [9.17, 15) is 5.11 Å². The van der Waals surface area contributed by atoms with E-state index in [1.165, 1.54) is 0 Å². The normalized spacial score (nSPS) is 15.6. The highest BCUT2D eigenvalue weighted by Crippen LogP contribution is 2.29. The predicted octanol–water partition coefficient (Wildman–Crippen LogP) is 2.70. The van der Waals surface area contributed by atoms with E-state index in [0.29, 0.717) is 22.9 Å². The number of furan rings is 1.